The second kappa shape index (κ2) is 8.73. The van der Waals surface area contributed by atoms with Gasteiger partial charge in [-0.3, -0.25) is 4.79 Å². The van der Waals surface area contributed by atoms with E-state index in [4.69, 9.17) is 0 Å². The minimum atomic E-state index is -1.28. The topological polar surface area (TPSA) is 76.0 Å². The molecular weight excluding hydrogens is 423 g/mol. The summed E-state index contributed by atoms with van der Waals surface area (Å²) in [5.74, 6) is -3.68. The molecule has 9 heteroatoms. The first-order valence-electron chi connectivity index (χ1n) is 10.6. The van der Waals surface area contributed by atoms with Gasteiger partial charge in [0.15, 0.2) is 11.6 Å². The number of halogens is 3. The maximum Gasteiger partial charge on any atom is 0.256 e. The average molecular weight is 449 g/mol. The van der Waals surface area contributed by atoms with E-state index < -0.39 is 34.6 Å². The fourth-order valence-corrected chi connectivity index (χ4v) is 4.28. The van der Waals surface area contributed by atoms with E-state index in [1.807, 2.05) is 4.90 Å². The number of aryl methyl sites for hydroxylation is 1. The normalized spacial score (nSPS) is 19.0. The second-order valence-corrected chi connectivity index (χ2v) is 8.79. The lowest BCUT2D eigenvalue weighted by atomic mass is 9.91. The average Bonchev–Trinajstić information content (AvgIpc) is 2.72. The smallest absolute Gasteiger partial charge is 0.256 e. The third-order valence-corrected chi connectivity index (χ3v) is 6.04. The number of hydrogen-bond acceptors (Lipinski definition) is 5. The van der Waals surface area contributed by atoms with E-state index in [1.165, 1.54) is 17.0 Å². The van der Waals surface area contributed by atoms with E-state index >= 15 is 0 Å². The third kappa shape index (κ3) is 4.60. The molecule has 2 saturated heterocycles. The number of nitrogens with one attached hydrogen (secondary N) is 1. The third-order valence-electron chi connectivity index (χ3n) is 6.04. The largest absolute Gasteiger partial charge is 0.393 e. The number of piperidine rings is 1. The van der Waals surface area contributed by atoms with Crippen molar-refractivity contribution in [1.82, 2.24) is 9.80 Å². The molecule has 3 N–H and O–H groups in total. The Morgan fingerprint density at radius 1 is 1.12 bits per heavy atom. The molecule has 0 saturated carbocycles. The SMILES string of the molecule is Cc1ccc(Nc2c(C(=O)N3CC(O)(CN4CCC(O)CC4)C3)ccc(F)c2F)c(F)c1. The number of anilines is 2. The number of aliphatic hydroxyl groups is 2. The fraction of sp³-hybridized carbons (Fsp3) is 0.435. The van der Waals surface area contributed by atoms with Gasteiger partial charge >= 0.3 is 0 Å². The van der Waals surface area contributed by atoms with Crippen LogP contribution in [0.1, 0.15) is 28.8 Å². The Balaban J connectivity index is 1.49. The lowest BCUT2D eigenvalue weighted by Gasteiger charge is -2.49. The minimum absolute atomic E-state index is 0.0439. The molecule has 0 spiro atoms. The molecule has 0 atom stereocenters. The van der Waals surface area contributed by atoms with Crippen molar-refractivity contribution in [3.05, 3.63) is 58.9 Å². The molecule has 6 nitrogen and oxygen atoms in total. The molecule has 32 heavy (non-hydrogen) atoms. The van der Waals surface area contributed by atoms with Crippen LogP contribution in [0, 0.1) is 24.4 Å². The zero-order valence-corrected chi connectivity index (χ0v) is 17.7. The Hall–Kier alpha value is -2.62. The number of hydrogen-bond donors (Lipinski definition) is 3. The maximum absolute atomic E-state index is 14.6. The summed E-state index contributed by atoms with van der Waals surface area (Å²) >= 11 is 0. The number of aliphatic hydroxyl groups excluding tert-OH is 1. The molecule has 0 aliphatic carbocycles. The molecule has 2 aliphatic rings. The Labute approximate surface area is 184 Å². The van der Waals surface area contributed by atoms with Gasteiger partial charge in [0.1, 0.15) is 11.4 Å². The van der Waals surface area contributed by atoms with E-state index in [-0.39, 0.29) is 30.4 Å². The first-order valence-corrected chi connectivity index (χ1v) is 10.6. The molecule has 0 bridgehead atoms. The summed E-state index contributed by atoms with van der Waals surface area (Å²) in [7, 11) is 0. The van der Waals surface area contributed by atoms with Gasteiger partial charge in [0.2, 0.25) is 0 Å². The summed E-state index contributed by atoms with van der Waals surface area (Å²) < 4.78 is 42.7. The van der Waals surface area contributed by atoms with Gasteiger partial charge in [0.05, 0.1) is 36.1 Å². The van der Waals surface area contributed by atoms with E-state index in [9.17, 15) is 28.2 Å². The molecule has 2 heterocycles. The Bertz CT molecular complexity index is 1020. The van der Waals surface area contributed by atoms with Gasteiger partial charge < -0.3 is 25.3 Å². The zero-order valence-electron chi connectivity index (χ0n) is 17.7. The maximum atomic E-state index is 14.6. The Morgan fingerprint density at radius 3 is 2.47 bits per heavy atom. The van der Waals surface area contributed by atoms with E-state index in [0.717, 1.165) is 12.1 Å². The quantitative estimate of drug-likeness (QED) is 0.655. The molecule has 0 aromatic heterocycles. The number of benzene rings is 2. The van der Waals surface area contributed by atoms with Crippen molar-refractivity contribution in [1.29, 1.82) is 0 Å². The van der Waals surface area contributed by atoms with Gasteiger partial charge in [-0.25, -0.2) is 13.2 Å². The van der Waals surface area contributed by atoms with E-state index in [1.54, 1.807) is 13.0 Å². The number of likely N-dealkylation sites (tertiary alicyclic amines) is 2. The molecule has 172 valence electrons. The number of rotatable bonds is 5. The van der Waals surface area contributed by atoms with Crippen LogP contribution in [0.15, 0.2) is 30.3 Å². The lowest BCUT2D eigenvalue weighted by Crippen LogP contribution is -2.68. The summed E-state index contributed by atoms with van der Waals surface area (Å²) in [6.45, 7) is 3.47. The van der Waals surface area contributed by atoms with Crippen LogP contribution >= 0.6 is 0 Å². The molecule has 4 rings (SSSR count). The number of amides is 1. The standard InChI is InChI=1S/C23H26F3N3O3/c1-14-2-5-19(18(25)10-14)27-21-16(3-4-17(24)20(21)26)22(31)29-12-23(32,13-29)11-28-8-6-15(30)7-9-28/h2-5,10,15,27,30,32H,6-9,11-13H2,1H3. The van der Waals surface area contributed by atoms with Gasteiger partial charge in [-0.1, -0.05) is 6.07 Å². The Kier molecular flexibility index (Phi) is 6.15. The van der Waals surface area contributed by atoms with Crippen LogP contribution in [0.4, 0.5) is 24.5 Å². The van der Waals surface area contributed by atoms with Crippen molar-refractivity contribution < 1.29 is 28.2 Å². The first-order chi connectivity index (χ1) is 15.1. The number of carbonyl (C=O) groups excluding carboxylic acids is 1. The van der Waals surface area contributed by atoms with Crippen LogP contribution in [-0.2, 0) is 0 Å². The summed E-state index contributed by atoms with van der Waals surface area (Å²) in [4.78, 5) is 16.4. The monoisotopic (exact) mass is 449 g/mol. The van der Waals surface area contributed by atoms with E-state index in [2.05, 4.69) is 5.32 Å². The molecular formula is C23H26F3N3O3. The van der Waals surface area contributed by atoms with Gasteiger partial charge in [-0.15, -0.1) is 0 Å². The van der Waals surface area contributed by atoms with Crippen molar-refractivity contribution in [2.75, 3.05) is 38.0 Å². The molecule has 2 aromatic carbocycles. The van der Waals surface area contributed by atoms with Crippen LogP contribution in [0.2, 0.25) is 0 Å². The van der Waals surface area contributed by atoms with E-state index in [0.29, 0.717) is 38.0 Å². The summed E-state index contributed by atoms with van der Waals surface area (Å²) in [5.41, 5.74) is -1.12. The van der Waals surface area contributed by atoms with Gasteiger partial charge in [0.25, 0.3) is 5.91 Å². The predicted molar refractivity (Wildman–Crippen MR) is 113 cm³/mol. The number of β-amino-alcohol motifs (C(OH)–C–C–N with tert-alkyl or cyclic N) is 1. The highest BCUT2D eigenvalue weighted by atomic mass is 19.2. The molecule has 1 amide bonds. The second-order valence-electron chi connectivity index (χ2n) is 8.79. The fourth-order valence-electron chi connectivity index (χ4n) is 4.28. The molecule has 0 radical (unpaired) electrons. The van der Waals surface area contributed by atoms with Crippen molar-refractivity contribution in [3.8, 4) is 0 Å². The molecule has 2 aliphatic heterocycles. The number of nitrogens with zero attached hydrogens (tertiary/aromatic N) is 2. The van der Waals surface area contributed by atoms with Crippen LogP contribution in [0.5, 0.6) is 0 Å². The summed E-state index contributed by atoms with van der Waals surface area (Å²) in [5, 5.41) is 22.9. The highest BCUT2D eigenvalue weighted by Crippen LogP contribution is 2.32. The minimum Gasteiger partial charge on any atom is -0.393 e. The van der Waals surface area contributed by atoms with Crippen molar-refractivity contribution in [2.45, 2.75) is 31.5 Å². The molecule has 0 unspecified atom stereocenters. The van der Waals surface area contributed by atoms with Crippen LogP contribution in [0.3, 0.4) is 0 Å². The predicted octanol–water partition coefficient (Wildman–Crippen LogP) is 2.80. The van der Waals surface area contributed by atoms with Crippen LogP contribution < -0.4 is 5.32 Å². The lowest BCUT2D eigenvalue weighted by molar-refractivity contribution is -0.102. The van der Waals surface area contributed by atoms with Crippen molar-refractivity contribution >= 4 is 17.3 Å². The first kappa shape index (κ1) is 22.6. The zero-order chi connectivity index (χ0) is 23.0. The van der Waals surface area contributed by atoms with Gasteiger partial charge in [0, 0.05) is 19.6 Å². The summed E-state index contributed by atoms with van der Waals surface area (Å²) in [6, 6.07) is 6.25. The molecule has 2 aromatic rings. The van der Waals surface area contributed by atoms with Crippen LogP contribution in [-0.4, -0.2) is 70.3 Å². The Morgan fingerprint density at radius 2 is 1.81 bits per heavy atom. The summed E-state index contributed by atoms with van der Waals surface area (Å²) in [6.07, 6.45) is 0.953. The van der Waals surface area contributed by atoms with Crippen molar-refractivity contribution in [2.24, 2.45) is 0 Å². The van der Waals surface area contributed by atoms with Crippen LogP contribution in [0.25, 0.3) is 0 Å². The highest BCUT2D eigenvalue weighted by molar-refractivity contribution is 6.01. The van der Waals surface area contributed by atoms with Gasteiger partial charge in [-0.2, -0.15) is 0 Å². The van der Waals surface area contributed by atoms with Gasteiger partial charge in [-0.05, 0) is 49.6 Å². The highest BCUT2D eigenvalue weighted by Gasteiger charge is 2.45. The van der Waals surface area contributed by atoms with Crippen molar-refractivity contribution in [3.63, 3.8) is 0 Å². The number of carbonyl (C=O) groups is 1. The molecule has 2 fully saturated rings.